The summed E-state index contributed by atoms with van der Waals surface area (Å²) < 4.78 is 7.50. The molecule has 0 aliphatic carbocycles. The van der Waals surface area contributed by atoms with Crippen molar-refractivity contribution in [2.24, 2.45) is 0 Å². The zero-order chi connectivity index (χ0) is 26.7. The molecule has 3 aromatic rings. The maximum atomic E-state index is 13.5. The number of piperidine rings is 1. The van der Waals surface area contributed by atoms with Gasteiger partial charge in [-0.05, 0) is 82.1 Å². The topological polar surface area (TPSA) is 75.5 Å². The highest BCUT2D eigenvalue weighted by Crippen LogP contribution is 2.25. The number of aryl methyl sites for hydroxylation is 1. The first kappa shape index (κ1) is 30.4. The van der Waals surface area contributed by atoms with Crippen LogP contribution in [0.25, 0.3) is 11.2 Å². The number of anilines is 2. The lowest BCUT2D eigenvalue weighted by atomic mass is 10.1. The van der Waals surface area contributed by atoms with Crippen molar-refractivity contribution in [3.8, 4) is 5.75 Å². The molecule has 1 saturated heterocycles. The van der Waals surface area contributed by atoms with Crippen LogP contribution in [-0.4, -0.2) is 70.1 Å². The van der Waals surface area contributed by atoms with Crippen molar-refractivity contribution in [2.75, 3.05) is 45.2 Å². The Morgan fingerprint density at radius 3 is 2.33 bits per heavy atom. The Hall–Kier alpha value is -3.13. The van der Waals surface area contributed by atoms with Crippen LogP contribution in [0.15, 0.2) is 36.5 Å². The number of carbonyl (C=O) groups excluding carboxylic acids is 1. The number of hydrogen-bond donors (Lipinski definition) is 1. The number of likely N-dealkylation sites (tertiary alicyclic amines) is 1. The van der Waals surface area contributed by atoms with Crippen LogP contribution in [0.4, 0.5) is 11.6 Å². The first-order valence-electron chi connectivity index (χ1n) is 14.4. The summed E-state index contributed by atoms with van der Waals surface area (Å²) in [4.78, 5) is 27.5. The lowest BCUT2D eigenvalue weighted by molar-refractivity contribution is 0.0751. The number of fused-ring (bicyclic) bond motifs is 1. The fourth-order valence-corrected chi connectivity index (χ4v) is 5.08. The second-order valence-electron chi connectivity index (χ2n) is 10.3. The van der Waals surface area contributed by atoms with E-state index >= 15 is 0 Å². The highest BCUT2D eigenvalue weighted by Gasteiger charge is 2.19. The van der Waals surface area contributed by atoms with Gasteiger partial charge in [-0.1, -0.05) is 40.5 Å². The molecule has 0 saturated carbocycles. The summed E-state index contributed by atoms with van der Waals surface area (Å²) in [5.74, 6) is 1.62. The molecule has 0 bridgehead atoms. The Morgan fingerprint density at radius 2 is 1.69 bits per heavy atom. The molecule has 1 amide bonds. The maximum absolute atomic E-state index is 13.5. The second-order valence-corrected chi connectivity index (χ2v) is 10.3. The van der Waals surface area contributed by atoms with Gasteiger partial charge < -0.3 is 24.4 Å². The van der Waals surface area contributed by atoms with E-state index in [-0.39, 0.29) is 13.3 Å². The number of rotatable bonds is 14. The van der Waals surface area contributed by atoms with Crippen LogP contribution < -0.4 is 10.1 Å². The van der Waals surface area contributed by atoms with Crippen LogP contribution >= 0.6 is 0 Å². The average molecular weight is 537 g/mol. The molecule has 1 aromatic carbocycles. The van der Waals surface area contributed by atoms with Crippen molar-refractivity contribution in [3.05, 3.63) is 42.1 Å². The normalized spacial score (nSPS) is 13.7. The molecule has 0 spiro atoms. The molecule has 0 atom stereocenters. The van der Waals surface area contributed by atoms with Gasteiger partial charge in [0.05, 0.1) is 18.2 Å². The zero-order valence-corrected chi connectivity index (χ0v) is 23.4. The van der Waals surface area contributed by atoms with E-state index in [1.54, 1.807) is 13.3 Å². The van der Waals surface area contributed by atoms with Gasteiger partial charge in [0, 0.05) is 31.5 Å². The molecule has 4 rings (SSSR count). The number of ether oxygens (including phenoxy) is 1. The Kier molecular flexibility index (Phi) is 12.1. The molecule has 3 heterocycles. The number of amides is 1. The number of nitrogens with zero attached hydrogens (tertiary/aromatic N) is 5. The molecule has 1 N–H and O–H groups in total. The van der Waals surface area contributed by atoms with Crippen molar-refractivity contribution in [3.63, 3.8) is 0 Å². The third-order valence-corrected chi connectivity index (χ3v) is 7.35. The van der Waals surface area contributed by atoms with Crippen LogP contribution in [0.1, 0.15) is 83.0 Å². The third-order valence-electron chi connectivity index (χ3n) is 7.35. The zero-order valence-electron chi connectivity index (χ0n) is 23.4. The molecule has 1 fully saturated rings. The minimum atomic E-state index is 0. The van der Waals surface area contributed by atoms with Crippen molar-refractivity contribution in [1.29, 1.82) is 0 Å². The molecule has 2 aromatic heterocycles. The van der Waals surface area contributed by atoms with Gasteiger partial charge in [0.1, 0.15) is 5.75 Å². The van der Waals surface area contributed by atoms with Gasteiger partial charge in [-0.2, -0.15) is 4.98 Å². The fourth-order valence-electron chi connectivity index (χ4n) is 5.08. The average Bonchev–Trinajstić information content (AvgIpc) is 3.29. The summed E-state index contributed by atoms with van der Waals surface area (Å²) in [6, 6.07) is 9.82. The van der Waals surface area contributed by atoms with Gasteiger partial charge in [0.2, 0.25) is 5.95 Å². The van der Waals surface area contributed by atoms with Gasteiger partial charge in [-0.25, -0.2) is 4.98 Å². The summed E-state index contributed by atoms with van der Waals surface area (Å²) >= 11 is 0. The van der Waals surface area contributed by atoms with Crippen LogP contribution in [0.2, 0.25) is 0 Å². The first-order valence-corrected chi connectivity index (χ1v) is 14.4. The van der Waals surface area contributed by atoms with Crippen molar-refractivity contribution < 1.29 is 9.53 Å². The number of pyridine rings is 1. The standard InChI is InChI=1S/C30H44N6O2.CH4/c1-4-6-19-35(20-7-5-2)29(37)24-22-27-28(31-23-24)33-30(32-25-12-14-26(38-3)15-13-25)36(27)21-11-18-34-16-9-8-10-17-34;/h12-15,22-23H,4-11,16-21H2,1-3H3,(H,31,32,33);1H4. The Morgan fingerprint density at radius 1 is 1.00 bits per heavy atom. The predicted molar refractivity (Wildman–Crippen MR) is 161 cm³/mol. The quantitative estimate of drug-likeness (QED) is 0.246. The smallest absolute Gasteiger partial charge is 0.255 e. The second kappa shape index (κ2) is 15.5. The van der Waals surface area contributed by atoms with Gasteiger partial charge >= 0.3 is 0 Å². The summed E-state index contributed by atoms with van der Waals surface area (Å²) in [6.45, 7) is 10.1. The lowest BCUT2D eigenvalue weighted by Gasteiger charge is -2.26. The number of unbranched alkanes of at least 4 members (excludes halogenated alkanes) is 2. The van der Waals surface area contributed by atoms with Gasteiger partial charge in [0.15, 0.2) is 5.65 Å². The Bertz CT molecular complexity index is 1150. The van der Waals surface area contributed by atoms with E-state index in [1.165, 1.54) is 32.4 Å². The Labute approximate surface area is 234 Å². The van der Waals surface area contributed by atoms with E-state index in [4.69, 9.17) is 9.72 Å². The van der Waals surface area contributed by atoms with E-state index in [0.717, 1.165) is 81.2 Å². The molecule has 0 unspecified atom stereocenters. The van der Waals surface area contributed by atoms with E-state index < -0.39 is 0 Å². The van der Waals surface area contributed by atoms with E-state index in [1.807, 2.05) is 35.2 Å². The first-order chi connectivity index (χ1) is 18.6. The van der Waals surface area contributed by atoms with Crippen LogP contribution in [0.3, 0.4) is 0 Å². The minimum Gasteiger partial charge on any atom is -0.497 e. The molecular weight excluding hydrogens is 488 g/mol. The monoisotopic (exact) mass is 536 g/mol. The Balaban J connectivity index is 0.00000420. The van der Waals surface area contributed by atoms with Crippen molar-refractivity contribution >= 4 is 28.7 Å². The summed E-state index contributed by atoms with van der Waals surface area (Å²) in [5, 5.41) is 3.48. The van der Waals surface area contributed by atoms with Gasteiger partial charge in [0.25, 0.3) is 5.91 Å². The maximum Gasteiger partial charge on any atom is 0.255 e. The number of imidazole rings is 1. The lowest BCUT2D eigenvalue weighted by Crippen LogP contribution is -2.33. The number of hydrogen-bond acceptors (Lipinski definition) is 6. The number of carbonyl (C=O) groups is 1. The molecule has 214 valence electrons. The van der Waals surface area contributed by atoms with E-state index in [9.17, 15) is 4.79 Å². The van der Waals surface area contributed by atoms with Crippen LogP contribution in [0, 0.1) is 0 Å². The van der Waals surface area contributed by atoms with Crippen molar-refractivity contribution in [2.45, 2.75) is 79.2 Å². The van der Waals surface area contributed by atoms with Gasteiger partial charge in [-0.15, -0.1) is 0 Å². The molecule has 1 aliphatic rings. The largest absolute Gasteiger partial charge is 0.497 e. The summed E-state index contributed by atoms with van der Waals surface area (Å²) in [6.07, 6.45) is 10.8. The molecule has 0 radical (unpaired) electrons. The fraction of sp³-hybridized carbons (Fsp3) is 0.581. The number of benzene rings is 1. The van der Waals surface area contributed by atoms with E-state index in [0.29, 0.717) is 11.2 Å². The number of nitrogens with one attached hydrogen (secondary N) is 1. The minimum absolute atomic E-state index is 0. The van der Waals surface area contributed by atoms with Gasteiger partial charge in [-0.3, -0.25) is 4.79 Å². The molecular formula is C31H48N6O2. The summed E-state index contributed by atoms with van der Waals surface area (Å²) in [7, 11) is 1.67. The van der Waals surface area contributed by atoms with Crippen LogP contribution in [-0.2, 0) is 6.54 Å². The SMILES string of the molecule is C.CCCCN(CCCC)C(=O)c1cnc2nc(Nc3ccc(OC)cc3)n(CCCN3CCCCC3)c2c1. The molecule has 1 aliphatic heterocycles. The third kappa shape index (κ3) is 8.18. The van der Waals surface area contributed by atoms with E-state index in [2.05, 4.69) is 33.6 Å². The molecule has 8 nitrogen and oxygen atoms in total. The highest BCUT2D eigenvalue weighted by atomic mass is 16.5. The van der Waals surface area contributed by atoms with Crippen LogP contribution in [0.5, 0.6) is 5.75 Å². The number of methoxy groups -OCH3 is 1. The van der Waals surface area contributed by atoms with Crippen molar-refractivity contribution in [1.82, 2.24) is 24.3 Å². The predicted octanol–water partition coefficient (Wildman–Crippen LogP) is 6.74. The summed E-state index contributed by atoms with van der Waals surface area (Å²) in [5.41, 5.74) is 3.12. The highest BCUT2D eigenvalue weighted by molar-refractivity contribution is 5.96. The molecule has 8 heteroatoms. The number of aromatic nitrogens is 3. The molecule has 39 heavy (non-hydrogen) atoms.